The van der Waals surface area contributed by atoms with Crippen LogP contribution in [0, 0.1) is 5.92 Å². The Morgan fingerprint density at radius 2 is 2.25 bits per heavy atom. The molecule has 86 valence electrons. The van der Waals surface area contributed by atoms with Crippen LogP contribution in [0.1, 0.15) is 37.4 Å². The molecule has 0 aliphatic heterocycles. The van der Waals surface area contributed by atoms with Crippen LogP contribution in [0.4, 0.5) is 0 Å². The van der Waals surface area contributed by atoms with Crippen LogP contribution in [-0.4, -0.2) is 5.91 Å². The fourth-order valence-corrected chi connectivity index (χ4v) is 2.48. The minimum absolute atomic E-state index is 0.0551. The number of rotatable bonds is 2. The lowest BCUT2D eigenvalue weighted by atomic mass is 10.1. The van der Waals surface area contributed by atoms with Gasteiger partial charge < -0.3 is 5.32 Å². The second-order valence-corrected chi connectivity index (χ2v) is 5.51. The lowest BCUT2D eigenvalue weighted by Crippen LogP contribution is -2.30. The van der Waals surface area contributed by atoms with Gasteiger partial charge in [-0.2, -0.15) is 0 Å². The van der Waals surface area contributed by atoms with E-state index >= 15 is 0 Å². The molecule has 1 amide bonds. The summed E-state index contributed by atoms with van der Waals surface area (Å²) in [7, 11) is 0. The van der Waals surface area contributed by atoms with Crippen molar-refractivity contribution in [2.24, 2.45) is 5.92 Å². The predicted octanol–water partition coefficient (Wildman–Crippen LogP) is 3.21. The quantitative estimate of drug-likeness (QED) is 0.886. The van der Waals surface area contributed by atoms with E-state index in [1.165, 1.54) is 11.1 Å². The van der Waals surface area contributed by atoms with E-state index in [1.807, 2.05) is 19.9 Å². The number of nitrogens with one attached hydrogen (secondary N) is 1. The topological polar surface area (TPSA) is 29.1 Å². The van der Waals surface area contributed by atoms with Gasteiger partial charge in [0.1, 0.15) is 0 Å². The smallest absolute Gasteiger partial charge is 0.223 e. The molecule has 2 rings (SSSR count). The van der Waals surface area contributed by atoms with Crippen molar-refractivity contribution >= 4 is 21.8 Å². The van der Waals surface area contributed by atoms with Gasteiger partial charge >= 0.3 is 0 Å². The molecule has 0 fully saturated rings. The van der Waals surface area contributed by atoms with Gasteiger partial charge in [-0.25, -0.2) is 0 Å². The molecule has 3 heteroatoms. The van der Waals surface area contributed by atoms with Gasteiger partial charge in [-0.15, -0.1) is 0 Å². The number of fused-ring (bicyclic) bond motifs is 1. The Morgan fingerprint density at radius 3 is 2.94 bits per heavy atom. The van der Waals surface area contributed by atoms with Crippen LogP contribution < -0.4 is 5.32 Å². The molecule has 1 aliphatic rings. The molecular formula is C13H16BrNO. The van der Waals surface area contributed by atoms with Gasteiger partial charge in [-0.3, -0.25) is 4.79 Å². The first-order valence-electron chi connectivity index (χ1n) is 5.66. The highest BCUT2D eigenvalue weighted by molar-refractivity contribution is 9.10. The number of aryl methyl sites for hydroxylation is 1. The fourth-order valence-electron chi connectivity index (χ4n) is 2.07. The van der Waals surface area contributed by atoms with Crippen molar-refractivity contribution < 1.29 is 4.79 Å². The molecule has 1 aliphatic carbocycles. The zero-order valence-electron chi connectivity index (χ0n) is 9.59. The molecule has 1 unspecified atom stereocenters. The van der Waals surface area contributed by atoms with Crippen LogP contribution in [0.25, 0.3) is 0 Å². The number of carbonyl (C=O) groups excluding carboxylic acids is 1. The third-order valence-electron chi connectivity index (χ3n) is 3.02. The van der Waals surface area contributed by atoms with Crippen molar-refractivity contribution in [1.82, 2.24) is 5.32 Å². The summed E-state index contributed by atoms with van der Waals surface area (Å²) in [5.41, 5.74) is 2.63. The summed E-state index contributed by atoms with van der Waals surface area (Å²) in [6, 6.07) is 6.51. The molecule has 0 bridgehead atoms. The number of amides is 1. The maximum Gasteiger partial charge on any atom is 0.223 e. The van der Waals surface area contributed by atoms with Crippen molar-refractivity contribution in [3.63, 3.8) is 0 Å². The number of hydrogen-bond acceptors (Lipinski definition) is 1. The Hall–Kier alpha value is -0.830. The van der Waals surface area contributed by atoms with Gasteiger partial charge in [0.2, 0.25) is 5.91 Å². The van der Waals surface area contributed by atoms with Crippen LogP contribution in [0.5, 0.6) is 0 Å². The monoisotopic (exact) mass is 281 g/mol. The summed E-state index contributed by atoms with van der Waals surface area (Å²) >= 11 is 3.47. The molecule has 1 N–H and O–H groups in total. The number of benzene rings is 1. The molecule has 0 saturated heterocycles. The van der Waals surface area contributed by atoms with Gasteiger partial charge in [-0.1, -0.05) is 35.8 Å². The van der Waals surface area contributed by atoms with Gasteiger partial charge in [0.15, 0.2) is 0 Å². The van der Waals surface area contributed by atoms with Crippen LogP contribution in [0.3, 0.4) is 0 Å². The Balaban J connectivity index is 2.15. The summed E-state index contributed by atoms with van der Waals surface area (Å²) in [6.45, 7) is 3.85. The molecule has 1 aromatic rings. The van der Waals surface area contributed by atoms with E-state index in [-0.39, 0.29) is 17.9 Å². The molecule has 0 radical (unpaired) electrons. The third kappa shape index (κ3) is 2.29. The Kier molecular flexibility index (Phi) is 3.33. The average molecular weight is 282 g/mol. The molecular weight excluding hydrogens is 266 g/mol. The maximum absolute atomic E-state index is 11.7. The highest BCUT2D eigenvalue weighted by Crippen LogP contribution is 2.32. The predicted molar refractivity (Wildman–Crippen MR) is 68.2 cm³/mol. The van der Waals surface area contributed by atoms with E-state index in [0.29, 0.717) is 0 Å². The highest BCUT2D eigenvalue weighted by Gasteiger charge is 2.24. The Bertz CT molecular complexity index is 414. The van der Waals surface area contributed by atoms with E-state index in [2.05, 4.69) is 33.4 Å². The molecule has 0 spiro atoms. The van der Waals surface area contributed by atoms with Crippen molar-refractivity contribution in [1.29, 1.82) is 0 Å². The lowest BCUT2D eigenvalue weighted by molar-refractivity contribution is -0.124. The molecule has 0 heterocycles. The highest BCUT2D eigenvalue weighted by atomic mass is 79.9. The minimum atomic E-state index is 0.0551. The van der Waals surface area contributed by atoms with Crippen LogP contribution in [0.2, 0.25) is 0 Å². The number of carbonyl (C=O) groups is 1. The van der Waals surface area contributed by atoms with E-state index in [9.17, 15) is 4.79 Å². The molecule has 1 aromatic carbocycles. The molecule has 2 nitrogen and oxygen atoms in total. The lowest BCUT2D eigenvalue weighted by Gasteiger charge is -2.15. The van der Waals surface area contributed by atoms with Crippen molar-refractivity contribution in [3.05, 3.63) is 33.8 Å². The van der Waals surface area contributed by atoms with Crippen LogP contribution in [0.15, 0.2) is 22.7 Å². The van der Waals surface area contributed by atoms with Gasteiger partial charge in [-0.05, 0) is 36.1 Å². The number of halogens is 1. The van der Waals surface area contributed by atoms with Crippen molar-refractivity contribution in [3.8, 4) is 0 Å². The van der Waals surface area contributed by atoms with Crippen molar-refractivity contribution in [2.75, 3.05) is 0 Å². The van der Waals surface area contributed by atoms with Crippen LogP contribution in [-0.2, 0) is 11.2 Å². The Morgan fingerprint density at radius 1 is 1.50 bits per heavy atom. The van der Waals surface area contributed by atoms with Gasteiger partial charge in [0, 0.05) is 10.4 Å². The van der Waals surface area contributed by atoms with Crippen molar-refractivity contribution in [2.45, 2.75) is 32.7 Å². The first-order chi connectivity index (χ1) is 7.58. The normalized spacial score (nSPS) is 18.6. The van der Waals surface area contributed by atoms with E-state index in [0.717, 1.165) is 17.3 Å². The fraction of sp³-hybridized carbons (Fsp3) is 0.462. The van der Waals surface area contributed by atoms with Crippen LogP contribution >= 0.6 is 15.9 Å². The second-order valence-electron chi connectivity index (χ2n) is 4.60. The zero-order chi connectivity index (χ0) is 11.7. The standard InChI is InChI=1S/C13H16BrNO/c1-8(2)13(16)15-12-6-3-9-7-10(14)4-5-11(9)12/h4-5,7-8,12H,3,6H2,1-2H3,(H,15,16). The maximum atomic E-state index is 11.7. The molecule has 0 saturated carbocycles. The summed E-state index contributed by atoms with van der Waals surface area (Å²) in [5.74, 6) is 0.195. The van der Waals surface area contributed by atoms with Gasteiger partial charge in [0.25, 0.3) is 0 Å². The first-order valence-corrected chi connectivity index (χ1v) is 6.46. The summed E-state index contributed by atoms with van der Waals surface area (Å²) < 4.78 is 1.11. The Labute approximate surface area is 105 Å². The molecule has 16 heavy (non-hydrogen) atoms. The summed E-state index contributed by atoms with van der Waals surface area (Å²) in [4.78, 5) is 11.7. The largest absolute Gasteiger partial charge is 0.349 e. The first kappa shape index (κ1) is 11.6. The molecule has 0 aromatic heterocycles. The second kappa shape index (κ2) is 4.58. The van der Waals surface area contributed by atoms with E-state index in [1.54, 1.807) is 0 Å². The summed E-state index contributed by atoms with van der Waals surface area (Å²) in [6.07, 6.45) is 2.07. The van der Waals surface area contributed by atoms with E-state index in [4.69, 9.17) is 0 Å². The van der Waals surface area contributed by atoms with Gasteiger partial charge in [0.05, 0.1) is 6.04 Å². The molecule has 1 atom stereocenters. The SMILES string of the molecule is CC(C)C(=O)NC1CCc2cc(Br)ccc21. The summed E-state index contributed by atoms with van der Waals surface area (Å²) in [5, 5.41) is 3.10. The minimum Gasteiger partial charge on any atom is -0.349 e. The van der Waals surface area contributed by atoms with E-state index < -0.39 is 0 Å². The third-order valence-corrected chi connectivity index (χ3v) is 3.52. The average Bonchev–Trinajstić information content (AvgIpc) is 2.60. The zero-order valence-corrected chi connectivity index (χ0v) is 11.2. The number of hydrogen-bond donors (Lipinski definition) is 1.